The maximum absolute atomic E-state index is 5.40. The van der Waals surface area contributed by atoms with Crippen LogP contribution in [0.15, 0.2) is 16.6 Å². The van der Waals surface area contributed by atoms with Gasteiger partial charge >= 0.3 is 0 Å². The molecule has 0 bridgehead atoms. The Morgan fingerprint density at radius 2 is 2.24 bits per heavy atom. The van der Waals surface area contributed by atoms with Crippen LogP contribution in [-0.2, 0) is 10.3 Å². The minimum Gasteiger partial charge on any atom is -0.394 e. The topological polar surface area (TPSA) is 24.8 Å². The number of hydrogen-bond donors (Lipinski definition) is 0. The first kappa shape index (κ1) is 12.6. The molecule has 3 nitrogen and oxygen atoms in total. The molecule has 4 heteroatoms. The summed E-state index contributed by atoms with van der Waals surface area (Å²) in [4.78, 5) is 8.80. The zero-order valence-corrected chi connectivity index (χ0v) is 11.8. The van der Waals surface area contributed by atoms with Crippen LogP contribution in [0.25, 0.3) is 0 Å². The average Bonchev–Trinajstić information content (AvgIpc) is 2.78. The third-order valence-corrected chi connectivity index (χ3v) is 4.03. The van der Waals surface area contributed by atoms with Crippen LogP contribution in [0.4, 0.5) is 0 Å². The fraction of sp³-hybridized carbons (Fsp3) is 0.615. The van der Waals surface area contributed by atoms with E-state index in [0.717, 1.165) is 18.7 Å². The molecule has 1 aromatic rings. The molecule has 0 aliphatic heterocycles. The number of hydrogen-bond acceptors (Lipinski definition) is 4. The second kappa shape index (κ2) is 4.78. The van der Waals surface area contributed by atoms with Crippen molar-refractivity contribution < 1.29 is 4.84 Å². The largest absolute Gasteiger partial charge is 0.394 e. The average molecular weight is 252 g/mol. The Hall–Kier alpha value is -0.870. The second-order valence-corrected chi connectivity index (χ2v) is 6.31. The maximum Gasteiger partial charge on any atom is 0.129 e. The number of nitrogens with zero attached hydrogens (tertiary/aromatic N) is 2. The molecule has 0 spiro atoms. The summed E-state index contributed by atoms with van der Waals surface area (Å²) in [5.74, 6) is 0. The molecular weight excluding hydrogens is 232 g/mol. The lowest BCUT2D eigenvalue weighted by Gasteiger charge is -2.16. The summed E-state index contributed by atoms with van der Waals surface area (Å²) in [6, 6.07) is 2.21. The third kappa shape index (κ3) is 2.69. The molecule has 0 saturated carbocycles. The fourth-order valence-electron chi connectivity index (χ4n) is 2.08. The zero-order chi connectivity index (χ0) is 12.5. The zero-order valence-electron chi connectivity index (χ0n) is 11.0. The van der Waals surface area contributed by atoms with Gasteiger partial charge in [-0.3, -0.25) is 0 Å². The van der Waals surface area contributed by atoms with Crippen LogP contribution in [0.2, 0.25) is 0 Å². The maximum atomic E-state index is 5.40. The summed E-state index contributed by atoms with van der Waals surface area (Å²) in [5, 5.41) is 6.44. The van der Waals surface area contributed by atoms with Gasteiger partial charge in [-0.05, 0) is 36.5 Å². The van der Waals surface area contributed by atoms with Gasteiger partial charge in [-0.2, -0.15) is 0 Å². The molecule has 0 saturated heterocycles. The SMILES string of the molecule is CN(C)CCON=C1CC(C)(C)c2ccsc21. The highest BCUT2D eigenvalue weighted by Crippen LogP contribution is 2.41. The highest BCUT2D eigenvalue weighted by atomic mass is 32.1. The Balaban J connectivity index is 2.03. The lowest BCUT2D eigenvalue weighted by Crippen LogP contribution is -2.17. The van der Waals surface area contributed by atoms with Crippen molar-refractivity contribution in [1.29, 1.82) is 0 Å². The Bertz CT molecular complexity index is 421. The predicted molar refractivity (Wildman–Crippen MR) is 73.0 cm³/mol. The summed E-state index contributed by atoms with van der Waals surface area (Å²) in [6.45, 7) is 6.08. The van der Waals surface area contributed by atoms with E-state index in [1.54, 1.807) is 11.3 Å². The monoisotopic (exact) mass is 252 g/mol. The summed E-state index contributed by atoms with van der Waals surface area (Å²) in [7, 11) is 4.07. The highest BCUT2D eigenvalue weighted by Gasteiger charge is 2.35. The van der Waals surface area contributed by atoms with Crippen LogP contribution in [0, 0.1) is 0 Å². The van der Waals surface area contributed by atoms with Gasteiger partial charge in [0.1, 0.15) is 6.61 Å². The van der Waals surface area contributed by atoms with Crippen molar-refractivity contribution in [3.63, 3.8) is 0 Å². The van der Waals surface area contributed by atoms with E-state index in [1.807, 2.05) is 14.1 Å². The molecule has 0 N–H and O–H groups in total. The van der Waals surface area contributed by atoms with Gasteiger partial charge in [-0.15, -0.1) is 11.3 Å². The van der Waals surface area contributed by atoms with Crippen molar-refractivity contribution in [2.75, 3.05) is 27.2 Å². The number of thiophene rings is 1. The van der Waals surface area contributed by atoms with Crippen molar-refractivity contribution in [2.45, 2.75) is 25.7 Å². The minimum atomic E-state index is 0.207. The van der Waals surface area contributed by atoms with E-state index in [0.29, 0.717) is 6.61 Å². The second-order valence-electron chi connectivity index (χ2n) is 5.40. The molecule has 0 fully saturated rings. The summed E-state index contributed by atoms with van der Waals surface area (Å²) >= 11 is 1.77. The highest BCUT2D eigenvalue weighted by molar-refractivity contribution is 7.12. The van der Waals surface area contributed by atoms with Gasteiger partial charge in [-0.25, -0.2) is 0 Å². The lowest BCUT2D eigenvalue weighted by molar-refractivity contribution is 0.125. The van der Waals surface area contributed by atoms with Crippen LogP contribution in [0.1, 0.15) is 30.7 Å². The number of rotatable bonds is 4. The van der Waals surface area contributed by atoms with Gasteiger partial charge in [0, 0.05) is 13.0 Å². The Morgan fingerprint density at radius 1 is 1.47 bits per heavy atom. The number of oxime groups is 1. The van der Waals surface area contributed by atoms with Crippen LogP contribution >= 0.6 is 11.3 Å². The third-order valence-electron chi connectivity index (χ3n) is 3.07. The molecule has 2 rings (SSSR count). The van der Waals surface area contributed by atoms with E-state index in [9.17, 15) is 0 Å². The molecule has 1 aromatic heterocycles. The molecule has 0 amide bonds. The van der Waals surface area contributed by atoms with Gasteiger partial charge in [0.05, 0.1) is 10.6 Å². The van der Waals surface area contributed by atoms with E-state index in [4.69, 9.17) is 4.84 Å². The fourth-order valence-corrected chi connectivity index (χ4v) is 3.14. The molecule has 1 heterocycles. The van der Waals surface area contributed by atoms with E-state index < -0.39 is 0 Å². The summed E-state index contributed by atoms with van der Waals surface area (Å²) in [6.07, 6.45) is 0.983. The standard InChI is InChI=1S/C13H20N2OS/c1-13(2)9-11(12-10(13)5-8-17-12)14-16-7-6-15(3)4/h5,8H,6-7,9H2,1-4H3. The molecular formula is C13H20N2OS. The minimum absolute atomic E-state index is 0.207. The molecule has 0 radical (unpaired) electrons. The molecule has 1 aliphatic carbocycles. The lowest BCUT2D eigenvalue weighted by atomic mass is 9.88. The normalized spacial score (nSPS) is 19.9. The quantitative estimate of drug-likeness (QED) is 0.608. The van der Waals surface area contributed by atoms with E-state index in [1.165, 1.54) is 10.4 Å². The van der Waals surface area contributed by atoms with E-state index >= 15 is 0 Å². The van der Waals surface area contributed by atoms with E-state index in [-0.39, 0.29) is 5.41 Å². The summed E-state index contributed by atoms with van der Waals surface area (Å²) in [5.41, 5.74) is 2.73. The van der Waals surface area contributed by atoms with E-state index in [2.05, 4.69) is 35.3 Å². The Kier molecular flexibility index (Phi) is 3.54. The Morgan fingerprint density at radius 3 is 2.94 bits per heavy atom. The molecule has 0 atom stereocenters. The van der Waals surface area contributed by atoms with Gasteiger partial charge < -0.3 is 9.74 Å². The van der Waals surface area contributed by atoms with Crippen molar-refractivity contribution in [3.05, 3.63) is 21.9 Å². The molecule has 0 aromatic carbocycles. The first-order valence-corrected chi connectivity index (χ1v) is 6.80. The molecule has 0 unspecified atom stereocenters. The van der Waals surface area contributed by atoms with Crippen LogP contribution in [0.3, 0.4) is 0 Å². The van der Waals surface area contributed by atoms with Gasteiger partial charge in [0.15, 0.2) is 0 Å². The Labute approximate surface area is 107 Å². The van der Waals surface area contributed by atoms with Crippen LogP contribution in [0.5, 0.6) is 0 Å². The number of likely N-dealkylation sites (N-methyl/N-ethyl adjacent to an activating group) is 1. The van der Waals surface area contributed by atoms with Crippen LogP contribution in [-0.4, -0.2) is 37.9 Å². The van der Waals surface area contributed by atoms with Gasteiger partial charge in [0.25, 0.3) is 0 Å². The van der Waals surface area contributed by atoms with Crippen molar-refractivity contribution in [2.24, 2.45) is 5.16 Å². The van der Waals surface area contributed by atoms with Crippen LogP contribution < -0.4 is 0 Å². The molecule has 1 aliphatic rings. The first-order valence-electron chi connectivity index (χ1n) is 5.92. The first-order chi connectivity index (χ1) is 8.00. The summed E-state index contributed by atoms with van der Waals surface area (Å²) < 4.78 is 0. The van der Waals surface area contributed by atoms with Crippen molar-refractivity contribution in [3.8, 4) is 0 Å². The van der Waals surface area contributed by atoms with Gasteiger partial charge in [-0.1, -0.05) is 19.0 Å². The van der Waals surface area contributed by atoms with Gasteiger partial charge in [0.2, 0.25) is 0 Å². The number of fused-ring (bicyclic) bond motifs is 1. The predicted octanol–water partition coefficient (Wildman–Crippen LogP) is 2.71. The smallest absolute Gasteiger partial charge is 0.129 e. The molecule has 94 valence electrons. The van der Waals surface area contributed by atoms with Crippen molar-refractivity contribution in [1.82, 2.24) is 4.90 Å². The van der Waals surface area contributed by atoms with Crippen molar-refractivity contribution >= 4 is 17.0 Å². The molecule has 17 heavy (non-hydrogen) atoms.